The second-order valence-electron chi connectivity index (χ2n) is 5.01. The van der Waals surface area contributed by atoms with Gasteiger partial charge in [0.1, 0.15) is 6.07 Å². The third kappa shape index (κ3) is 2.56. The minimum atomic E-state index is 0.630. The minimum absolute atomic E-state index is 0.630. The van der Waals surface area contributed by atoms with Gasteiger partial charge in [-0.05, 0) is 36.5 Å². The minimum Gasteiger partial charge on any atom is -0.370 e. The average molecular weight is 249 g/mol. The number of anilines is 1. The number of rotatable bonds is 2. The monoisotopic (exact) mass is 248 g/mol. The summed E-state index contributed by atoms with van der Waals surface area (Å²) in [4.78, 5) is 2.31. The Bertz CT molecular complexity index is 448. The second kappa shape index (κ2) is 4.98. The molecule has 1 fully saturated rings. The normalized spacial score (nSPS) is 19.7. The first-order chi connectivity index (χ1) is 8.11. The Balaban J connectivity index is 2.22. The summed E-state index contributed by atoms with van der Waals surface area (Å²) in [6.07, 6.45) is 1.21. The van der Waals surface area contributed by atoms with Crippen LogP contribution < -0.4 is 4.90 Å². The standard InChI is InChI=1S/C14H17ClN2/c1-10(2)11-5-6-17(9-11)14-4-3-13(15)7-12(14)8-16/h3-4,7,10-11H,5-6,9H2,1-2H3. The maximum atomic E-state index is 9.14. The molecule has 0 N–H and O–H groups in total. The molecule has 1 saturated heterocycles. The lowest BCUT2D eigenvalue weighted by atomic mass is 9.95. The molecule has 0 saturated carbocycles. The van der Waals surface area contributed by atoms with Crippen molar-refractivity contribution in [1.29, 1.82) is 5.26 Å². The van der Waals surface area contributed by atoms with E-state index >= 15 is 0 Å². The topological polar surface area (TPSA) is 27.0 Å². The third-order valence-corrected chi connectivity index (χ3v) is 3.82. The van der Waals surface area contributed by atoms with E-state index in [-0.39, 0.29) is 0 Å². The summed E-state index contributed by atoms with van der Waals surface area (Å²) < 4.78 is 0. The van der Waals surface area contributed by atoms with Crippen LogP contribution in [0, 0.1) is 23.2 Å². The molecule has 0 aliphatic carbocycles. The van der Waals surface area contributed by atoms with Crippen LogP contribution in [-0.2, 0) is 0 Å². The van der Waals surface area contributed by atoms with E-state index in [2.05, 4.69) is 24.8 Å². The predicted molar refractivity (Wildman–Crippen MR) is 71.3 cm³/mol. The van der Waals surface area contributed by atoms with Crippen LogP contribution in [0.3, 0.4) is 0 Å². The van der Waals surface area contributed by atoms with E-state index in [1.165, 1.54) is 6.42 Å². The quantitative estimate of drug-likeness (QED) is 0.798. The van der Waals surface area contributed by atoms with Gasteiger partial charge in [-0.2, -0.15) is 5.26 Å². The van der Waals surface area contributed by atoms with E-state index in [4.69, 9.17) is 16.9 Å². The van der Waals surface area contributed by atoms with Crippen LogP contribution in [0.1, 0.15) is 25.8 Å². The Morgan fingerprint density at radius 2 is 2.24 bits per heavy atom. The van der Waals surface area contributed by atoms with Crippen LogP contribution in [0.15, 0.2) is 18.2 Å². The lowest BCUT2D eigenvalue weighted by Crippen LogP contribution is -2.22. The van der Waals surface area contributed by atoms with Gasteiger partial charge in [-0.1, -0.05) is 25.4 Å². The fraction of sp³-hybridized carbons (Fsp3) is 0.500. The molecule has 1 atom stereocenters. The molecule has 0 amide bonds. The zero-order valence-corrected chi connectivity index (χ0v) is 11.0. The van der Waals surface area contributed by atoms with Gasteiger partial charge < -0.3 is 4.90 Å². The zero-order chi connectivity index (χ0) is 12.4. The largest absolute Gasteiger partial charge is 0.370 e. The van der Waals surface area contributed by atoms with Gasteiger partial charge in [-0.3, -0.25) is 0 Å². The van der Waals surface area contributed by atoms with Crippen LogP contribution in [0.5, 0.6) is 0 Å². The van der Waals surface area contributed by atoms with Crippen molar-refractivity contribution in [2.45, 2.75) is 20.3 Å². The van der Waals surface area contributed by atoms with Crippen LogP contribution in [0.2, 0.25) is 5.02 Å². The molecule has 2 nitrogen and oxygen atoms in total. The van der Waals surface area contributed by atoms with E-state index in [1.807, 2.05) is 12.1 Å². The van der Waals surface area contributed by atoms with Gasteiger partial charge in [0.25, 0.3) is 0 Å². The fourth-order valence-corrected chi connectivity index (χ4v) is 2.60. The van der Waals surface area contributed by atoms with E-state index in [0.29, 0.717) is 16.5 Å². The Morgan fingerprint density at radius 1 is 1.47 bits per heavy atom. The maximum Gasteiger partial charge on any atom is 0.101 e. The molecule has 1 aliphatic rings. The Morgan fingerprint density at radius 3 is 2.82 bits per heavy atom. The van der Waals surface area contributed by atoms with E-state index < -0.39 is 0 Å². The highest BCUT2D eigenvalue weighted by molar-refractivity contribution is 6.30. The summed E-state index contributed by atoms with van der Waals surface area (Å²) in [6, 6.07) is 7.80. The maximum absolute atomic E-state index is 9.14. The molecular formula is C14H17ClN2. The summed E-state index contributed by atoms with van der Waals surface area (Å²) in [5, 5.41) is 9.77. The smallest absolute Gasteiger partial charge is 0.101 e. The molecule has 1 heterocycles. The van der Waals surface area contributed by atoms with Gasteiger partial charge in [-0.25, -0.2) is 0 Å². The molecule has 1 unspecified atom stereocenters. The number of nitriles is 1. The summed E-state index contributed by atoms with van der Waals surface area (Å²) in [6.45, 7) is 6.62. The molecule has 1 aliphatic heterocycles. The number of hydrogen-bond donors (Lipinski definition) is 0. The molecule has 1 aromatic carbocycles. The molecule has 3 heteroatoms. The Kier molecular flexibility index (Phi) is 3.59. The molecule has 0 aromatic heterocycles. The highest BCUT2D eigenvalue weighted by atomic mass is 35.5. The van der Waals surface area contributed by atoms with Crippen molar-refractivity contribution >= 4 is 17.3 Å². The highest BCUT2D eigenvalue weighted by Crippen LogP contribution is 2.31. The molecule has 0 spiro atoms. The lowest BCUT2D eigenvalue weighted by Gasteiger charge is -2.21. The van der Waals surface area contributed by atoms with Crippen molar-refractivity contribution in [3.8, 4) is 6.07 Å². The first kappa shape index (κ1) is 12.3. The Hall–Kier alpha value is -1.20. The first-order valence-corrected chi connectivity index (χ1v) is 6.44. The van der Waals surface area contributed by atoms with Gasteiger partial charge in [0, 0.05) is 18.1 Å². The van der Waals surface area contributed by atoms with E-state index in [1.54, 1.807) is 6.07 Å². The van der Waals surface area contributed by atoms with Crippen LogP contribution in [0.25, 0.3) is 0 Å². The summed E-state index contributed by atoms with van der Waals surface area (Å²) in [5.74, 6) is 1.44. The van der Waals surface area contributed by atoms with E-state index in [0.717, 1.165) is 24.7 Å². The molecule has 2 rings (SSSR count). The van der Waals surface area contributed by atoms with E-state index in [9.17, 15) is 0 Å². The fourth-order valence-electron chi connectivity index (χ4n) is 2.42. The molecule has 17 heavy (non-hydrogen) atoms. The molecule has 90 valence electrons. The molecule has 1 aromatic rings. The number of halogens is 1. The average Bonchev–Trinajstić information content (AvgIpc) is 2.78. The molecule has 0 bridgehead atoms. The zero-order valence-electron chi connectivity index (χ0n) is 10.3. The third-order valence-electron chi connectivity index (χ3n) is 3.59. The van der Waals surface area contributed by atoms with Crippen molar-refractivity contribution in [3.05, 3.63) is 28.8 Å². The lowest BCUT2D eigenvalue weighted by molar-refractivity contribution is 0.423. The van der Waals surface area contributed by atoms with Crippen LogP contribution in [0.4, 0.5) is 5.69 Å². The van der Waals surface area contributed by atoms with Gasteiger partial charge in [0.05, 0.1) is 11.3 Å². The van der Waals surface area contributed by atoms with Crippen LogP contribution >= 0.6 is 11.6 Å². The van der Waals surface area contributed by atoms with Crippen molar-refractivity contribution in [2.75, 3.05) is 18.0 Å². The predicted octanol–water partition coefficient (Wildman–Crippen LogP) is 3.69. The Labute approximate surface area is 108 Å². The van der Waals surface area contributed by atoms with Gasteiger partial charge in [0.15, 0.2) is 0 Å². The van der Waals surface area contributed by atoms with Gasteiger partial charge in [0.2, 0.25) is 0 Å². The number of nitrogens with zero attached hydrogens (tertiary/aromatic N) is 2. The van der Waals surface area contributed by atoms with Crippen molar-refractivity contribution in [1.82, 2.24) is 0 Å². The molecular weight excluding hydrogens is 232 g/mol. The van der Waals surface area contributed by atoms with Gasteiger partial charge in [-0.15, -0.1) is 0 Å². The van der Waals surface area contributed by atoms with Gasteiger partial charge >= 0.3 is 0 Å². The van der Waals surface area contributed by atoms with Crippen molar-refractivity contribution in [3.63, 3.8) is 0 Å². The summed E-state index contributed by atoms with van der Waals surface area (Å²) >= 11 is 5.91. The summed E-state index contributed by atoms with van der Waals surface area (Å²) in [7, 11) is 0. The number of benzene rings is 1. The van der Waals surface area contributed by atoms with Crippen molar-refractivity contribution in [2.24, 2.45) is 11.8 Å². The summed E-state index contributed by atoms with van der Waals surface area (Å²) in [5.41, 5.74) is 1.71. The number of hydrogen-bond acceptors (Lipinski definition) is 2. The highest BCUT2D eigenvalue weighted by Gasteiger charge is 2.26. The molecule has 0 radical (unpaired) electrons. The van der Waals surface area contributed by atoms with Crippen LogP contribution in [-0.4, -0.2) is 13.1 Å². The van der Waals surface area contributed by atoms with Crippen molar-refractivity contribution < 1.29 is 0 Å². The SMILES string of the molecule is CC(C)C1CCN(c2ccc(Cl)cc2C#N)C1. The first-order valence-electron chi connectivity index (χ1n) is 6.06. The second-order valence-corrected chi connectivity index (χ2v) is 5.45.